The minimum atomic E-state index is -2.14. The van der Waals surface area contributed by atoms with Crippen LogP contribution in [0.5, 0.6) is 11.5 Å². The molecule has 9 rings (SSSR count). The lowest BCUT2D eigenvalue weighted by atomic mass is 9.75. The topological polar surface area (TPSA) is 214 Å². The number of aliphatic hydroxyl groups excluding tert-OH is 5. The number of carbonyl (C=O) groups excluding carboxylic acids is 2. The number of carbonyl (C=O) groups is 2. The van der Waals surface area contributed by atoms with Crippen LogP contribution < -0.4 is 15.5 Å². The second-order valence-corrected chi connectivity index (χ2v) is 14.2. The first-order valence-electron chi connectivity index (χ1n) is 16.4. The molecule has 0 unspecified atom stereocenters. The van der Waals surface area contributed by atoms with E-state index in [1.165, 1.54) is 29.4 Å². The van der Waals surface area contributed by atoms with E-state index < -0.39 is 53.6 Å². The summed E-state index contributed by atoms with van der Waals surface area (Å²) in [5.74, 6) is -3.53. The molecule has 49 heavy (non-hydrogen) atoms. The van der Waals surface area contributed by atoms with E-state index >= 15 is 0 Å². The molecule has 8 N–H and O–H groups in total. The van der Waals surface area contributed by atoms with E-state index in [0.29, 0.717) is 33.4 Å². The first-order chi connectivity index (χ1) is 23.3. The number of nitrogens with zero attached hydrogens (tertiary/aromatic N) is 2. The number of aryl methyl sites for hydroxylation is 2. The van der Waals surface area contributed by atoms with Crippen molar-refractivity contribution in [1.29, 1.82) is 0 Å². The van der Waals surface area contributed by atoms with E-state index in [0.717, 1.165) is 0 Å². The van der Waals surface area contributed by atoms with Gasteiger partial charge in [0, 0.05) is 59.9 Å². The molecule has 6 aliphatic rings. The lowest BCUT2D eigenvalue weighted by Gasteiger charge is -2.58. The average molecular weight is 675 g/mol. The fraction of sp³-hybridized carbons (Fsp3) is 0.457. The highest BCUT2D eigenvalue weighted by Gasteiger charge is 2.66. The van der Waals surface area contributed by atoms with Gasteiger partial charge in [0.1, 0.15) is 35.6 Å². The Kier molecular flexibility index (Phi) is 7.15. The van der Waals surface area contributed by atoms with E-state index in [-0.39, 0.29) is 72.0 Å². The molecule has 1 fully saturated rings. The first kappa shape index (κ1) is 32.1. The van der Waals surface area contributed by atoms with Gasteiger partial charge >= 0.3 is 0 Å². The van der Waals surface area contributed by atoms with Crippen molar-refractivity contribution in [3.8, 4) is 11.5 Å². The number of ether oxygens (including phenoxy) is 2. The Morgan fingerprint density at radius 1 is 1.06 bits per heavy atom. The molecular weight excluding hydrogens is 636 g/mol. The standard InChI is InChI=1S/C35H38N4O10/c1-14(2)13-39-33(47)34-11-16(38-39)10-17(40)12-37-32-22-18(5-7-36-32)24-25(27(43)23-20(26(24)42)8-15(3)9-21(23)41)29-19(22)4-6-35(48-29,49-34)31(46)28(44)30(34)45/h5,7-9,11,14,17,28,30-31,33,38,40-41,44-47H,4,6,10,12-13H2,1-3H3,(H,36,37)/t17-,28+,30+,31-,33-,34+,35-/m1/s1. The zero-order valence-corrected chi connectivity index (χ0v) is 27.1. The molecule has 14 heteroatoms. The molecule has 14 nitrogen and oxygen atoms in total. The van der Waals surface area contributed by atoms with E-state index in [1.54, 1.807) is 13.0 Å². The molecule has 5 aliphatic heterocycles. The predicted octanol–water partition coefficient (Wildman–Crippen LogP) is 0.752. The van der Waals surface area contributed by atoms with Gasteiger partial charge in [-0.25, -0.2) is 4.98 Å². The number of nitrogens with one attached hydrogen (secondary N) is 2. The van der Waals surface area contributed by atoms with Crippen LogP contribution in [0, 0.1) is 12.8 Å². The molecule has 1 aliphatic carbocycles. The third kappa shape index (κ3) is 4.49. The van der Waals surface area contributed by atoms with Gasteiger partial charge in [0.2, 0.25) is 11.6 Å². The van der Waals surface area contributed by atoms with Crippen LogP contribution in [0.1, 0.15) is 69.7 Å². The number of aromatic nitrogens is 1. The van der Waals surface area contributed by atoms with Crippen LogP contribution in [-0.4, -0.2) is 107 Å². The van der Waals surface area contributed by atoms with Crippen molar-refractivity contribution >= 4 is 28.2 Å². The van der Waals surface area contributed by atoms with Crippen molar-refractivity contribution in [2.75, 3.05) is 18.4 Å². The lowest BCUT2D eigenvalue weighted by molar-refractivity contribution is -0.387. The monoisotopic (exact) mass is 674 g/mol. The fourth-order valence-electron chi connectivity index (χ4n) is 8.17. The SMILES string of the molecule is Cc1cc(O)c2c(c1)C(=O)c1c(c3c4c5c(nccc15)NC[C@H](O)CC1=C[C@@]5(O[C@@](CC4)(O3)[C@H](O)[C@@H](O)[C@@H]5O)[C@@H](O)N(CC(C)C)N1)C2=O. The average Bonchev–Trinajstić information content (AvgIpc) is 3.05. The largest absolute Gasteiger partial charge is 0.507 e. The highest BCUT2D eigenvalue weighted by molar-refractivity contribution is 6.34. The molecule has 2 aromatic carbocycles. The Labute approximate surface area is 280 Å². The summed E-state index contributed by atoms with van der Waals surface area (Å²) in [7, 11) is 0. The van der Waals surface area contributed by atoms with Crippen LogP contribution in [0.25, 0.3) is 10.8 Å². The van der Waals surface area contributed by atoms with Gasteiger partial charge in [0.15, 0.2) is 17.6 Å². The summed E-state index contributed by atoms with van der Waals surface area (Å²) in [6, 6.07) is 4.55. The number of aromatic hydroxyl groups is 1. The maximum Gasteiger partial charge on any atom is 0.240 e. The number of phenolic OH excluding ortho intramolecular Hbond substituents is 1. The van der Waals surface area contributed by atoms with Crippen molar-refractivity contribution in [3.05, 3.63) is 69.5 Å². The minimum absolute atomic E-state index is 0.000759. The van der Waals surface area contributed by atoms with Crippen LogP contribution in [0.2, 0.25) is 0 Å². The quantitative estimate of drug-likeness (QED) is 0.147. The van der Waals surface area contributed by atoms with E-state index in [2.05, 4.69) is 15.7 Å². The first-order valence-corrected chi connectivity index (χ1v) is 16.4. The van der Waals surface area contributed by atoms with E-state index in [9.17, 15) is 40.2 Å². The number of phenols is 1. The Morgan fingerprint density at radius 2 is 1.84 bits per heavy atom. The number of aliphatic hydroxyl groups is 5. The molecule has 6 bridgehead atoms. The molecule has 3 aromatic rings. The number of ketones is 2. The molecule has 1 saturated heterocycles. The summed E-state index contributed by atoms with van der Waals surface area (Å²) >= 11 is 0. The van der Waals surface area contributed by atoms with Gasteiger partial charge in [0.05, 0.1) is 17.2 Å². The van der Waals surface area contributed by atoms with Crippen molar-refractivity contribution in [1.82, 2.24) is 15.4 Å². The summed E-state index contributed by atoms with van der Waals surface area (Å²) < 4.78 is 13.2. The van der Waals surface area contributed by atoms with Crippen molar-refractivity contribution in [2.24, 2.45) is 5.92 Å². The van der Waals surface area contributed by atoms with Crippen LogP contribution >= 0.6 is 0 Å². The number of hydrogen-bond acceptors (Lipinski definition) is 14. The lowest BCUT2D eigenvalue weighted by Crippen LogP contribution is -2.78. The van der Waals surface area contributed by atoms with Crippen molar-refractivity contribution < 1.29 is 49.7 Å². The second kappa shape index (κ2) is 10.9. The normalized spacial score (nSPS) is 32.2. The van der Waals surface area contributed by atoms with Gasteiger partial charge in [-0.2, -0.15) is 5.01 Å². The van der Waals surface area contributed by atoms with Crippen molar-refractivity contribution in [2.45, 2.75) is 82.1 Å². The number of pyridine rings is 1. The summed E-state index contributed by atoms with van der Waals surface area (Å²) in [6.07, 6.45) is -5.42. The maximum absolute atomic E-state index is 14.5. The molecule has 0 radical (unpaired) electrons. The van der Waals surface area contributed by atoms with Gasteiger partial charge in [-0.05, 0) is 54.5 Å². The summed E-state index contributed by atoms with van der Waals surface area (Å²) in [5.41, 5.74) is 2.09. The van der Waals surface area contributed by atoms with Crippen LogP contribution in [-0.2, 0) is 11.2 Å². The molecule has 0 saturated carbocycles. The van der Waals surface area contributed by atoms with Crippen LogP contribution in [0.3, 0.4) is 0 Å². The third-order valence-corrected chi connectivity index (χ3v) is 10.3. The van der Waals surface area contributed by atoms with Gasteiger partial charge in [-0.1, -0.05) is 13.8 Å². The highest BCUT2D eigenvalue weighted by atomic mass is 16.7. The summed E-state index contributed by atoms with van der Waals surface area (Å²) in [4.78, 5) is 33.4. The zero-order valence-electron chi connectivity index (χ0n) is 27.1. The Morgan fingerprint density at radius 3 is 2.59 bits per heavy atom. The summed E-state index contributed by atoms with van der Waals surface area (Å²) in [5, 5.41) is 74.3. The molecule has 6 heterocycles. The van der Waals surface area contributed by atoms with E-state index in [1.807, 2.05) is 13.8 Å². The second-order valence-electron chi connectivity index (χ2n) is 14.2. The Hall–Kier alpha value is -4.15. The number of benzene rings is 2. The van der Waals surface area contributed by atoms with Gasteiger partial charge < -0.3 is 50.9 Å². The number of rotatable bonds is 2. The fourth-order valence-corrected chi connectivity index (χ4v) is 8.17. The maximum atomic E-state index is 14.5. The van der Waals surface area contributed by atoms with Gasteiger partial charge in [-0.15, -0.1) is 0 Å². The zero-order chi connectivity index (χ0) is 34.7. The third-order valence-electron chi connectivity index (χ3n) is 10.3. The molecule has 258 valence electrons. The minimum Gasteiger partial charge on any atom is -0.507 e. The molecule has 0 amide bonds. The summed E-state index contributed by atoms with van der Waals surface area (Å²) in [6.45, 7) is 5.80. The number of hydrogen-bond donors (Lipinski definition) is 8. The van der Waals surface area contributed by atoms with Gasteiger partial charge in [-0.3, -0.25) is 9.59 Å². The molecular formula is C35H38N4O10. The van der Waals surface area contributed by atoms with Crippen LogP contribution in [0.15, 0.2) is 36.2 Å². The Bertz CT molecular complexity index is 1980. The molecule has 7 atom stereocenters. The predicted molar refractivity (Wildman–Crippen MR) is 173 cm³/mol. The smallest absolute Gasteiger partial charge is 0.240 e. The van der Waals surface area contributed by atoms with E-state index in [4.69, 9.17) is 9.47 Å². The number of anilines is 1. The Balaban J connectivity index is 1.41. The van der Waals surface area contributed by atoms with Crippen molar-refractivity contribution in [3.63, 3.8) is 0 Å². The number of fused-ring (bicyclic) bond motifs is 7. The van der Waals surface area contributed by atoms with Gasteiger partial charge in [0.25, 0.3) is 0 Å². The highest BCUT2D eigenvalue weighted by Crippen LogP contribution is 2.53. The number of hydrazine groups is 1. The van der Waals surface area contributed by atoms with Crippen LogP contribution in [0.4, 0.5) is 5.82 Å². The molecule has 1 aromatic heterocycles. The molecule has 2 spiro atoms.